The molecule has 7 nitrogen and oxygen atoms in total. The zero-order valence-electron chi connectivity index (χ0n) is 16.8. The summed E-state index contributed by atoms with van der Waals surface area (Å²) in [5.74, 6) is -0.512. The van der Waals surface area contributed by atoms with Gasteiger partial charge in [-0.3, -0.25) is 0 Å². The summed E-state index contributed by atoms with van der Waals surface area (Å²) in [5.41, 5.74) is 3.73. The van der Waals surface area contributed by atoms with Crippen LogP contribution in [0, 0.1) is 13.8 Å². The van der Waals surface area contributed by atoms with Crippen LogP contribution in [-0.4, -0.2) is 42.6 Å². The number of hydrogen-bond acceptors (Lipinski definition) is 5. The first-order valence-corrected chi connectivity index (χ1v) is 10.4. The van der Waals surface area contributed by atoms with Gasteiger partial charge in [0, 0.05) is 24.8 Å². The Labute approximate surface area is 170 Å². The fourth-order valence-corrected chi connectivity index (χ4v) is 4.23. The van der Waals surface area contributed by atoms with Crippen LogP contribution in [0.4, 0.5) is 0 Å². The Bertz CT molecular complexity index is 1120. The van der Waals surface area contributed by atoms with Crippen molar-refractivity contribution >= 4 is 16.0 Å². The number of aromatic nitrogens is 2. The average molecular weight is 413 g/mol. The van der Waals surface area contributed by atoms with Crippen LogP contribution in [0.3, 0.4) is 0 Å². The molecule has 29 heavy (non-hydrogen) atoms. The lowest BCUT2D eigenvalue weighted by Gasteiger charge is -2.18. The Morgan fingerprint density at radius 2 is 1.69 bits per heavy atom. The third-order valence-electron chi connectivity index (χ3n) is 4.81. The highest BCUT2D eigenvalue weighted by Crippen LogP contribution is 2.23. The van der Waals surface area contributed by atoms with Gasteiger partial charge in [-0.2, -0.15) is 9.40 Å². The van der Waals surface area contributed by atoms with Crippen LogP contribution in [0.15, 0.2) is 59.5 Å². The van der Waals surface area contributed by atoms with Gasteiger partial charge < -0.3 is 4.74 Å². The smallest absolute Gasteiger partial charge is 0.337 e. The third-order valence-corrected chi connectivity index (χ3v) is 6.62. The second-order valence-electron chi connectivity index (χ2n) is 6.67. The molecular formula is C21H23N3O4S. The molecule has 2 aromatic carbocycles. The van der Waals surface area contributed by atoms with E-state index in [1.54, 1.807) is 0 Å². The van der Waals surface area contributed by atoms with Gasteiger partial charge in [0.25, 0.3) is 0 Å². The van der Waals surface area contributed by atoms with E-state index in [2.05, 4.69) is 9.84 Å². The van der Waals surface area contributed by atoms with Gasteiger partial charge in [-0.15, -0.1) is 0 Å². The number of methoxy groups -OCH3 is 1. The number of esters is 1. The minimum absolute atomic E-state index is 0.110. The number of carbonyl (C=O) groups excluding carboxylic acids is 1. The van der Waals surface area contributed by atoms with E-state index in [-0.39, 0.29) is 11.4 Å². The van der Waals surface area contributed by atoms with Gasteiger partial charge in [0.1, 0.15) is 0 Å². The van der Waals surface area contributed by atoms with Crippen molar-refractivity contribution in [1.29, 1.82) is 0 Å². The number of benzene rings is 2. The molecule has 0 aliphatic heterocycles. The first kappa shape index (κ1) is 20.8. The van der Waals surface area contributed by atoms with E-state index in [1.165, 1.54) is 42.7 Å². The second-order valence-corrected chi connectivity index (χ2v) is 8.72. The molecule has 0 unspecified atom stereocenters. The molecule has 0 amide bonds. The highest BCUT2D eigenvalue weighted by molar-refractivity contribution is 7.89. The van der Waals surface area contributed by atoms with Crippen molar-refractivity contribution in [2.24, 2.45) is 0 Å². The normalized spacial score (nSPS) is 11.6. The van der Waals surface area contributed by atoms with E-state index in [0.717, 1.165) is 22.6 Å². The molecule has 0 spiro atoms. The van der Waals surface area contributed by atoms with E-state index >= 15 is 0 Å². The second kappa shape index (κ2) is 8.18. The molecule has 0 saturated carbocycles. The minimum atomic E-state index is -3.73. The van der Waals surface area contributed by atoms with Gasteiger partial charge in [-0.1, -0.05) is 18.2 Å². The molecular weight excluding hydrogens is 390 g/mol. The highest BCUT2D eigenvalue weighted by atomic mass is 32.2. The van der Waals surface area contributed by atoms with Crippen molar-refractivity contribution in [1.82, 2.24) is 14.1 Å². The number of nitrogens with zero attached hydrogens (tertiary/aromatic N) is 3. The maximum atomic E-state index is 13.0. The van der Waals surface area contributed by atoms with Gasteiger partial charge in [0.2, 0.25) is 10.0 Å². The first-order chi connectivity index (χ1) is 13.8. The van der Waals surface area contributed by atoms with Crippen molar-refractivity contribution in [3.05, 3.63) is 77.1 Å². The van der Waals surface area contributed by atoms with Gasteiger partial charge in [0.05, 0.1) is 29.0 Å². The maximum Gasteiger partial charge on any atom is 0.337 e. The van der Waals surface area contributed by atoms with E-state index in [4.69, 9.17) is 0 Å². The minimum Gasteiger partial charge on any atom is -0.465 e. The number of hydrogen-bond donors (Lipinski definition) is 0. The lowest BCUT2D eigenvalue weighted by molar-refractivity contribution is 0.0600. The van der Waals surface area contributed by atoms with Crippen molar-refractivity contribution in [2.45, 2.75) is 25.3 Å². The molecule has 1 heterocycles. The first-order valence-electron chi connectivity index (χ1n) is 9.01. The molecule has 3 aromatic rings. The van der Waals surface area contributed by atoms with E-state index in [1.807, 2.05) is 48.9 Å². The van der Waals surface area contributed by atoms with E-state index in [0.29, 0.717) is 5.56 Å². The Kier molecular flexibility index (Phi) is 5.86. The molecule has 152 valence electrons. The van der Waals surface area contributed by atoms with Crippen molar-refractivity contribution in [2.75, 3.05) is 14.2 Å². The number of aryl methyl sites for hydroxylation is 1. The summed E-state index contributed by atoms with van der Waals surface area (Å²) in [4.78, 5) is 11.7. The van der Waals surface area contributed by atoms with Crippen molar-refractivity contribution in [3.63, 3.8) is 0 Å². The van der Waals surface area contributed by atoms with Gasteiger partial charge in [-0.05, 0) is 50.2 Å². The van der Waals surface area contributed by atoms with Crippen molar-refractivity contribution in [3.8, 4) is 5.69 Å². The van der Waals surface area contributed by atoms with Gasteiger partial charge in [0.15, 0.2) is 0 Å². The summed E-state index contributed by atoms with van der Waals surface area (Å²) in [6.07, 6.45) is 0. The maximum absolute atomic E-state index is 13.0. The standard InChI is InChI=1S/C21H23N3O4S/c1-15-20(16(2)24(22-15)18-8-6-5-7-9-18)14-23(3)29(26,27)19-12-10-17(11-13-19)21(25)28-4/h5-13H,14H2,1-4H3. The summed E-state index contributed by atoms with van der Waals surface area (Å²) in [6.45, 7) is 3.98. The monoisotopic (exact) mass is 413 g/mol. The quantitative estimate of drug-likeness (QED) is 0.580. The summed E-state index contributed by atoms with van der Waals surface area (Å²) in [5, 5.41) is 4.57. The molecule has 0 aliphatic carbocycles. The molecule has 0 fully saturated rings. The summed E-state index contributed by atoms with van der Waals surface area (Å²) >= 11 is 0. The van der Waals surface area contributed by atoms with Crippen LogP contribution < -0.4 is 0 Å². The van der Waals surface area contributed by atoms with Crippen LogP contribution in [0.2, 0.25) is 0 Å². The average Bonchev–Trinajstić information content (AvgIpc) is 3.02. The number of rotatable bonds is 6. The Morgan fingerprint density at radius 3 is 2.28 bits per heavy atom. The number of sulfonamides is 1. The fraction of sp³-hybridized carbons (Fsp3) is 0.238. The van der Waals surface area contributed by atoms with E-state index < -0.39 is 16.0 Å². The Morgan fingerprint density at radius 1 is 1.07 bits per heavy atom. The molecule has 3 rings (SSSR count). The van der Waals surface area contributed by atoms with Crippen LogP contribution in [0.5, 0.6) is 0 Å². The summed E-state index contributed by atoms with van der Waals surface area (Å²) in [7, 11) is -0.922. The SMILES string of the molecule is COC(=O)c1ccc(S(=O)(=O)N(C)Cc2c(C)nn(-c3ccccc3)c2C)cc1. The van der Waals surface area contributed by atoms with Crippen LogP contribution >= 0.6 is 0 Å². The molecule has 0 radical (unpaired) electrons. The zero-order valence-corrected chi connectivity index (χ0v) is 17.6. The molecule has 1 aromatic heterocycles. The van der Waals surface area contributed by atoms with Crippen LogP contribution in [0.1, 0.15) is 27.3 Å². The molecule has 0 bridgehead atoms. The predicted molar refractivity (Wildman–Crippen MR) is 109 cm³/mol. The fourth-order valence-electron chi connectivity index (χ4n) is 3.09. The third kappa shape index (κ3) is 4.08. The summed E-state index contributed by atoms with van der Waals surface area (Å²) in [6, 6.07) is 15.4. The topological polar surface area (TPSA) is 81.5 Å². The lowest BCUT2D eigenvalue weighted by Crippen LogP contribution is -2.27. The molecule has 0 atom stereocenters. The Balaban J connectivity index is 1.87. The van der Waals surface area contributed by atoms with Gasteiger partial charge >= 0.3 is 5.97 Å². The zero-order chi connectivity index (χ0) is 21.2. The van der Waals surface area contributed by atoms with E-state index in [9.17, 15) is 13.2 Å². The van der Waals surface area contributed by atoms with Crippen LogP contribution in [0.25, 0.3) is 5.69 Å². The number of ether oxygens (including phenoxy) is 1. The molecule has 8 heteroatoms. The van der Waals surface area contributed by atoms with Crippen LogP contribution in [-0.2, 0) is 21.3 Å². The molecule has 0 N–H and O–H groups in total. The lowest BCUT2D eigenvalue weighted by atomic mass is 10.2. The molecule has 0 saturated heterocycles. The largest absolute Gasteiger partial charge is 0.465 e. The Hall–Kier alpha value is -2.97. The van der Waals surface area contributed by atoms with Gasteiger partial charge in [-0.25, -0.2) is 17.9 Å². The predicted octanol–water partition coefficient (Wildman–Crippen LogP) is 3.10. The summed E-state index contributed by atoms with van der Waals surface area (Å²) < 4.78 is 33.7. The van der Waals surface area contributed by atoms with Crippen molar-refractivity contribution < 1.29 is 17.9 Å². The number of carbonyl (C=O) groups is 1. The number of para-hydroxylation sites is 1. The molecule has 0 aliphatic rings. The highest BCUT2D eigenvalue weighted by Gasteiger charge is 2.24.